The summed E-state index contributed by atoms with van der Waals surface area (Å²) in [5, 5.41) is 12.3. The Hall–Kier alpha value is -10.5. The molecule has 0 aromatic heterocycles. The van der Waals surface area contributed by atoms with Gasteiger partial charge < -0.3 is 9.80 Å². The minimum Gasteiger partial charge on any atom is -0.309 e. The second kappa shape index (κ2) is 20.1. The summed E-state index contributed by atoms with van der Waals surface area (Å²) in [4.78, 5) is 4.94. The number of nitrogens with zero attached hydrogens (tertiary/aromatic N) is 2. The first-order valence-corrected chi connectivity index (χ1v) is 30.1. The van der Waals surface area contributed by atoms with Crippen LogP contribution in [0, 0.1) is 0 Å². The minimum atomic E-state index is -0.227. The number of benzene rings is 14. The molecule has 2 heteroatoms. The number of rotatable bonds is 10. The third kappa shape index (κ3) is 8.31. The Morgan fingerprint density at radius 3 is 0.860 bits per heavy atom. The molecule has 0 unspecified atom stereocenters. The van der Waals surface area contributed by atoms with E-state index in [2.05, 4.69) is 341 Å². The Balaban J connectivity index is 0.687. The van der Waals surface area contributed by atoms with Crippen molar-refractivity contribution in [2.75, 3.05) is 9.80 Å². The predicted octanol–water partition coefficient (Wildman–Crippen LogP) is 23.3. The molecule has 0 aliphatic heterocycles. The van der Waals surface area contributed by atoms with Gasteiger partial charge in [-0.25, -0.2) is 0 Å². The molecule has 0 heterocycles. The summed E-state index contributed by atoms with van der Waals surface area (Å²) in [6.45, 7) is 9.56. The Labute approximate surface area is 503 Å². The maximum atomic E-state index is 2.47. The van der Waals surface area contributed by atoms with Crippen LogP contribution in [-0.2, 0) is 10.8 Å². The molecule has 2 aliphatic rings. The first kappa shape index (κ1) is 51.1. The van der Waals surface area contributed by atoms with E-state index in [0.717, 1.165) is 11.4 Å². The van der Waals surface area contributed by atoms with E-state index in [1.165, 1.54) is 143 Å². The third-order valence-electron chi connectivity index (χ3n) is 18.8. The van der Waals surface area contributed by atoms with Gasteiger partial charge in [-0.2, -0.15) is 0 Å². The van der Waals surface area contributed by atoms with E-state index in [0.29, 0.717) is 0 Å². The molecule has 14 aromatic rings. The molecule has 0 bridgehead atoms. The maximum absolute atomic E-state index is 2.47. The summed E-state index contributed by atoms with van der Waals surface area (Å²) in [5.74, 6) is 0. The van der Waals surface area contributed by atoms with Gasteiger partial charge in [-0.1, -0.05) is 283 Å². The summed E-state index contributed by atoms with van der Waals surface area (Å²) in [5.41, 5.74) is 21.9. The van der Waals surface area contributed by atoms with E-state index in [9.17, 15) is 0 Å². The molecule has 2 nitrogen and oxygen atoms in total. The fourth-order valence-electron chi connectivity index (χ4n) is 14.4. The average Bonchev–Trinajstić information content (AvgIpc) is 1.67. The fourth-order valence-corrected chi connectivity index (χ4v) is 14.4. The van der Waals surface area contributed by atoms with Gasteiger partial charge in [-0.3, -0.25) is 0 Å². The molecule has 0 radical (unpaired) electrons. The van der Waals surface area contributed by atoms with Crippen molar-refractivity contribution in [3.8, 4) is 22.3 Å². The second-order valence-electron chi connectivity index (χ2n) is 24.4. The van der Waals surface area contributed by atoms with Crippen LogP contribution in [0.3, 0.4) is 0 Å². The van der Waals surface area contributed by atoms with Gasteiger partial charge in [0.15, 0.2) is 0 Å². The lowest BCUT2D eigenvalue weighted by molar-refractivity contribution is 0.660. The van der Waals surface area contributed by atoms with Crippen molar-refractivity contribution in [1.29, 1.82) is 0 Å². The molecule has 0 amide bonds. The van der Waals surface area contributed by atoms with Crippen molar-refractivity contribution in [1.82, 2.24) is 0 Å². The van der Waals surface area contributed by atoms with Crippen molar-refractivity contribution in [2.24, 2.45) is 0 Å². The van der Waals surface area contributed by atoms with E-state index >= 15 is 0 Å². The molecular weight excluding hydrogens is 1040 g/mol. The molecule has 2 aliphatic carbocycles. The molecule has 14 aromatic carbocycles. The summed E-state index contributed by atoms with van der Waals surface area (Å²) >= 11 is 0. The zero-order valence-corrected chi connectivity index (χ0v) is 48.8. The van der Waals surface area contributed by atoms with Gasteiger partial charge in [0.25, 0.3) is 0 Å². The molecule has 0 atom stereocenters. The smallest absolute Gasteiger partial charge is 0.0540 e. The van der Waals surface area contributed by atoms with Gasteiger partial charge in [-0.15, -0.1) is 0 Å². The van der Waals surface area contributed by atoms with E-state index in [4.69, 9.17) is 0 Å². The normalized spacial score (nSPS) is 13.7. The highest BCUT2D eigenvalue weighted by Gasteiger charge is 2.38. The second-order valence-corrected chi connectivity index (χ2v) is 24.4. The van der Waals surface area contributed by atoms with Gasteiger partial charge >= 0.3 is 0 Å². The van der Waals surface area contributed by atoms with Gasteiger partial charge in [0.05, 0.1) is 22.7 Å². The number of anilines is 6. The lowest BCUT2D eigenvalue weighted by atomic mass is 9.81. The molecule has 0 saturated heterocycles. The maximum Gasteiger partial charge on any atom is 0.0540 e. The molecule has 408 valence electrons. The van der Waals surface area contributed by atoms with Crippen molar-refractivity contribution >= 4 is 112 Å². The van der Waals surface area contributed by atoms with Crippen LogP contribution >= 0.6 is 0 Å². The Bertz CT molecular complexity index is 4650. The lowest BCUT2D eigenvalue weighted by Gasteiger charge is -2.30. The SMILES string of the molecule is CC1(C)c2cc(C=Cc3ccc(C=Cc4ccc5c(c4)C(C)(C)c4cc(N(c6cccc7ccccc67)c6cccc7ccccc67)ccc4-5)c4ccccc34)ccc2-c2ccc(N(c3cccc4ccccc34)c3cccc4ccccc34)cc21. The summed E-state index contributed by atoms with van der Waals surface area (Å²) in [7, 11) is 0. The molecular formula is C84H62N2. The van der Waals surface area contributed by atoms with Crippen molar-refractivity contribution in [3.63, 3.8) is 0 Å². The summed E-state index contributed by atoms with van der Waals surface area (Å²) < 4.78 is 0. The molecule has 0 spiro atoms. The minimum absolute atomic E-state index is 0.227. The van der Waals surface area contributed by atoms with Crippen LogP contribution in [0.5, 0.6) is 0 Å². The van der Waals surface area contributed by atoms with Crippen LogP contribution in [0.15, 0.2) is 279 Å². The zero-order chi connectivity index (χ0) is 57.7. The Kier molecular flexibility index (Phi) is 11.9. The molecule has 0 N–H and O–H groups in total. The molecule has 16 rings (SSSR count). The third-order valence-corrected chi connectivity index (χ3v) is 18.8. The van der Waals surface area contributed by atoms with E-state index in [1.807, 2.05) is 0 Å². The largest absolute Gasteiger partial charge is 0.309 e. The van der Waals surface area contributed by atoms with Crippen LogP contribution in [0.2, 0.25) is 0 Å². The van der Waals surface area contributed by atoms with E-state index < -0.39 is 0 Å². The number of hydrogen-bond donors (Lipinski definition) is 0. The van der Waals surface area contributed by atoms with Crippen LogP contribution < -0.4 is 9.80 Å². The fraction of sp³-hybridized carbons (Fsp3) is 0.0714. The van der Waals surface area contributed by atoms with E-state index in [1.54, 1.807) is 0 Å². The monoisotopic (exact) mass is 1100 g/mol. The molecule has 0 fully saturated rings. The highest BCUT2D eigenvalue weighted by molar-refractivity contribution is 6.07. The highest BCUT2D eigenvalue weighted by Crippen LogP contribution is 2.54. The van der Waals surface area contributed by atoms with Crippen molar-refractivity contribution < 1.29 is 0 Å². The predicted molar refractivity (Wildman–Crippen MR) is 369 cm³/mol. The van der Waals surface area contributed by atoms with Crippen LogP contribution in [0.4, 0.5) is 34.1 Å². The van der Waals surface area contributed by atoms with Gasteiger partial charge in [0.2, 0.25) is 0 Å². The van der Waals surface area contributed by atoms with Gasteiger partial charge in [-0.05, 0) is 148 Å². The van der Waals surface area contributed by atoms with Crippen LogP contribution in [0.1, 0.15) is 72.2 Å². The molecule has 86 heavy (non-hydrogen) atoms. The Morgan fingerprint density at radius 2 is 0.523 bits per heavy atom. The van der Waals surface area contributed by atoms with E-state index in [-0.39, 0.29) is 10.8 Å². The topological polar surface area (TPSA) is 6.48 Å². The molecule has 0 saturated carbocycles. The first-order valence-electron chi connectivity index (χ1n) is 30.1. The standard InChI is InChI=1S/C84H62N2/c1-83(2)75-51-55(39-47-71(75)73-49-45-63(53-77(73)83)85(79-33-15-23-57-19-5-9-29-67(57)79)80-34-16-24-58-20-6-10-30-68(58)80)37-41-61-43-44-62(66-28-14-13-27-65(61)66)42-38-56-40-48-72-74-50-46-64(54-78(74)84(3,4)76(72)52-56)86(81-35-17-25-59-21-7-11-31-69(59)81)82-36-18-26-60-22-8-12-32-70(60)82/h5-54H,1-4H3. The Morgan fingerprint density at radius 1 is 0.244 bits per heavy atom. The van der Waals surface area contributed by atoms with Crippen LogP contribution in [0.25, 0.3) is 100 Å². The number of fused-ring (bicyclic) bond motifs is 11. The first-order chi connectivity index (χ1) is 42.2. The number of hydrogen-bond acceptors (Lipinski definition) is 2. The highest BCUT2D eigenvalue weighted by atomic mass is 15.2. The van der Waals surface area contributed by atoms with Gasteiger partial charge in [0.1, 0.15) is 0 Å². The lowest BCUT2D eigenvalue weighted by Crippen LogP contribution is -2.17. The summed E-state index contributed by atoms with van der Waals surface area (Å²) in [6, 6.07) is 103. The van der Waals surface area contributed by atoms with Crippen molar-refractivity contribution in [3.05, 3.63) is 324 Å². The zero-order valence-electron chi connectivity index (χ0n) is 48.8. The summed E-state index contributed by atoms with van der Waals surface area (Å²) in [6.07, 6.45) is 9.18. The van der Waals surface area contributed by atoms with Crippen LogP contribution in [-0.4, -0.2) is 0 Å². The van der Waals surface area contributed by atoms with Gasteiger partial charge in [0, 0.05) is 43.7 Å². The van der Waals surface area contributed by atoms with Crippen molar-refractivity contribution in [2.45, 2.75) is 38.5 Å². The average molecular weight is 1100 g/mol. The quantitative estimate of drug-likeness (QED) is 0.126.